The maximum absolute atomic E-state index is 8.96. The van der Waals surface area contributed by atoms with Crippen LogP contribution in [-0.2, 0) is 0 Å². The van der Waals surface area contributed by atoms with E-state index in [0.29, 0.717) is 11.7 Å². The summed E-state index contributed by atoms with van der Waals surface area (Å²) in [6.07, 6.45) is 2.66. The fourth-order valence-electron chi connectivity index (χ4n) is 2.20. The number of nitrogens with zero attached hydrogens (tertiary/aromatic N) is 3. The van der Waals surface area contributed by atoms with Gasteiger partial charge in [0.05, 0.1) is 0 Å². The lowest BCUT2D eigenvalue weighted by Gasteiger charge is -2.24. The Morgan fingerprint density at radius 2 is 2.22 bits per heavy atom. The molecule has 1 N–H and O–H groups in total. The summed E-state index contributed by atoms with van der Waals surface area (Å²) in [4.78, 5) is 6.58. The van der Waals surface area contributed by atoms with E-state index in [9.17, 15) is 0 Å². The Kier molecular flexibility index (Phi) is 3.83. The minimum atomic E-state index is 0.507. The van der Waals surface area contributed by atoms with Crippen molar-refractivity contribution in [3.8, 4) is 6.07 Å². The van der Waals surface area contributed by atoms with Crippen molar-refractivity contribution in [2.75, 3.05) is 26.0 Å². The quantitative estimate of drug-likeness (QED) is 0.861. The van der Waals surface area contributed by atoms with Crippen LogP contribution in [0.15, 0.2) is 12.1 Å². The lowest BCUT2D eigenvalue weighted by atomic mass is 10.1. The molecule has 1 unspecified atom stereocenters. The van der Waals surface area contributed by atoms with E-state index in [4.69, 9.17) is 5.26 Å². The molecule has 1 aromatic rings. The zero-order valence-corrected chi connectivity index (χ0v) is 11.3. The summed E-state index contributed by atoms with van der Waals surface area (Å²) < 4.78 is 0. The molecule has 0 amide bonds. The lowest BCUT2D eigenvalue weighted by molar-refractivity contribution is 0.276. The van der Waals surface area contributed by atoms with Gasteiger partial charge in [-0.3, -0.25) is 0 Å². The second kappa shape index (κ2) is 5.36. The van der Waals surface area contributed by atoms with Gasteiger partial charge < -0.3 is 10.2 Å². The van der Waals surface area contributed by atoms with E-state index in [-0.39, 0.29) is 0 Å². The van der Waals surface area contributed by atoms with E-state index in [1.807, 2.05) is 19.1 Å². The molecule has 0 saturated heterocycles. The standard InChI is InChI=1S/C14H20N4/c1-10-4-7-14(17-12(10)8-15)16-9-13(18(2)3)11-5-6-11/h4,7,11,13H,5-6,9H2,1-3H3,(H,16,17). The second-order valence-electron chi connectivity index (χ2n) is 5.22. The van der Waals surface area contributed by atoms with Gasteiger partial charge in [0.15, 0.2) is 0 Å². The molecule has 0 spiro atoms. The average molecular weight is 244 g/mol. The number of rotatable bonds is 5. The van der Waals surface area contributed by atoms with Gasteiger partial charge in [0.1, 0.15) is 17.6 Å². The molecule has 96 valence electrons. The number of pyridine rings is 1. The molecular formula is C14H20N4. The highest BCUT2D eigenvalue weighted by molar-refractivity contribution is 5.42. The van der Waals surface area contributed by atoms with Gasteiger partial charge in [-0.05, 0) is 51.4 Å². The van der Waals surface area contributed by atoms with Crippen LogP contribution >= 0.6 is 0 Å². The molecule has 1 aliphatic carbocycles. The molecular weight excluding hydrogens is 224 g/mol. The Morgan fingerprint density at radius 1 is 1.50 bits per heavy atom. The van der Waals surface area contributed by atoms with Crippen LogP contribution in [0.25, 0.3) is 0 Å². The molecule has 0 bridgehead atoms. The highest BCUT2D eigenvalue weighted by atomic mass is 15.1. The molecule has 1 aromatic heterocycles. The van der Waals surface area contributed by atoms with Crippen molar-refractivity contribution in [1.82, 2.24) is 9.88 Å². The number of likely N-dealkylation sites (N-methyl/N-ethyl adjacent to an activating group) is 1. The number of hydrogen-bond acceptors (Lipinski definition) is 4. The summed E-state index contributed by atoms with van der Waals surface area (Å²) in [6.45, 7) is 2.79. The highest BCUT2D eigenvalue weighted by Crippen LogP contribution is 2.34. The zero-order chi connectivity index (χ0) is 13.1. The van der Waals surface area contributed by atoms with Gasteiger partial charge in [0, 0.05) is 12.6 Å². The fourth-order valence-corrected chi connectivity index (χ4v) is 2.20. The van der Waals surface area contributed by atoms with Gasteiger partial charge in [-0.25, -0.2) is 4.98 Å². The molecule has 0 aromatic carbocycles. The predicted molar refractivity (Wildman–Crippen MR) is 72.4 cm³/mol. The van der Waals surface area contributed by atoms with Crippen molar-refractivity contribution in [1.29, 1.82) is 5.26 Å². The van der Waals surface area contributed by atoms with E-state index >= 15 is 0 Å². The first kappa shape index (κ1) is 12.8. The third-order valence-corrected chi connectivity index (χ3v) is 3.52. The number of anilines is 1. The summed E-state index contributed by atoms with van der Waals surface area (Å²) in [7, 11) is 4.24. The van der Waals surface area contributed by atoms with Gasteiger partial charge in [-0.1, -0.05) is 6.07 Å². The Balaban J connectivity index is 1.99. The molecule has 4 heteroatoms. The number of aryl methyl sites for hydroxylation is 1. The summed E-state index contributed by atoms with van der Waals surface area (Å²) in [5.74, 6) is 1.61. The first-order chi connectivity index (χ1) is 8.61. The van der Waals surface area contributed by atoms with E-state index in [2.05, 4.69) is 35.4 Å². The molecule has 0 radical (unpaired) electrons. The molecule has 2 rings (SSSR count). The average Bonchev–Trinajstić information content (AvgIpc) is 3.15. The fraction of sp³-hybridized carbons (Fsp3) is 0.571. The molecule has 1 saturated carbocycles. The van der Waals surface area contributed by atoms with E-state index < -0.39 is 0 Å². The van der Waals surface area contributed by atoms with Crippen LogP contribution in [0.2, 0.25) is 0 Å². The monoisotopic (exact) mass is 244 g/mol. The van der Waals surface area contributed by atoms with Gasteiger partial charge in [-0.2, -0.15) is 5.26 Å². The maximum Gasteiger partial charge on any atom is 0.145 e. The third-order valence-electron chi connectivity index (χ3n) is 3.52. The Hall–Kier alpha value is -1.60. The third kappa shape index (κ3) is 2.99. The van der Waals surface area contributed by atoms with Crippen LogP contribution in [0.4, 0.5) is 5.82 Å². The van der Waals surface area contributed by atoms with Gasteiger partial charge in [-0.15, -0.1) is 0 Å². The largest absolute Gasteiger partial charge is 0.368 e. The predicted octanol–water partition coefficient (Wildman–Crippen LogP) is 2.01. The van der Waals surface area contributed by atoms with Crippen LogP contribution in [0.3, 0.4) is 0 Å². The van der Waals surface area contributed by atoms with Crippen molar-refractivity contribution >= 4 is 5.82 Å². The van der Waals surface area contributed by atoms with Crippen LogP contribution in [-0.4, -0.2) is 36.6 Å². The Bertz CT molecular complexity index is 455. The van der Waals surface area contributed by atoms with Crippen molar-refractivity contribution in [3.63, 3.8) is 0 Å². The molecule has 1 atom stereocenters. The van der Waals surface area contributed by atoms with Crippen molar-refractivity contribution in [2.24, 2.45) is 5.92 Å². The van der Waals surface area contributed by atoms with Crippen molar-refractivity contribution in [2.45, 2.75) is 25.8 Å². The van der Waals surface area contributed by atoms with Crippen LogP contribution < -0.4 is 5.32 Å². The normalized spacial score (nSPS) is 16.4. The van der Waals surface area contributed by atoms with E-state index in [0.717, 1.165) is 23.8 Å². The minimum Gasteiger partial charge on any atom is -0.368 e. The number of nitrogens with one attached hydrogen (secondary N) is 1. The number of aromatic nitrogens is 1. The zero-order valence-electron chi connectivity index (χ0n) is 11.3. The topological polar surface area (TPSA) is 52.0 Å². The molecule has 1 aliphatic rings. The lowest BCUT2D eigenvalue weighted by Crippen LogP contribution is -2.36. The first-order valence-electron chi connectivity index (χ1n) is 6.40. The van der Waals surface area contributed by atoms with Crippen molar-refractivity contribution < 1.29 is 0 Å². The molecule has 4 nitrogen and oxygen atoms in total. The smallest absolute Gasteiger partial charge is 0.145 e. The van der Waals surface area contributed by atoms with Crippen LogP contribution in [0.1, 0.15) is 24.1 Å². The first-order valence-corrected chi connectivity index (χ1v) is 6.40. The van der Waals surface area contributed by atoms with Gasteiger partial charge >= 0.3 is 0 Å². The van der Waals surface area contributed by atoms with Crippen LogP contribution in [0.5, 0.6) is 0 Å². The molecule has 1 heterocycles. The van der Waals surface area contributed by atoms with Gasteiger partial charge in [0.2, 0.25) is 0 Å². The molecule has 0 aliphatic heterocycles. The van der Waals surface area contributed by atoms with Gasteiger partial charge in [0.25, 0.3) is 0 Å². The molecule has 18 heavy (non-hydrogen) atoms. The number of nitriles is 1. The maximum atomic E-state index is 8.96. The second-order valence-corrected chi connectivity index (χ2v) is 5.22. The molecule has 1 fully saturated rings. The SMILES string of the molecule is Cc1ccc(NCC(C2CC2)N(C)C)nc1C#N. The highest BCUT2D eigenvalue weighted by Gasteiger charge is 2.32. The number of hydrogen-bond donors (Lipinski definition) is 1. The minimum absolute atomic E-state index is 0.507. The van der Waals surface area contributed by atoms with Crippen LogP contribution in [0, 0.1) is 24.2 Å². The summed E-state index contributed by atoms with van der Waals surface area (Å²) in [5, 5.41) is 12.3. The Labute approximate surface area is 109 Å². The summed E-state index contributed by atoms with van der Waals surface area (Å²) >= 11 is 0. The summed E-state index contributed by atoms with van der Waals surface area (Å²) in [6, 6.07) is 6.55. The van der Waals surface area contributed by atoms with E-state index in [1.165, 1.54) is 12.8 Å². The Morgan fingerprint density at radius 3 is 2.78 bits per heavy atom. The summed E-state index contributed by atoms with van der Waals surface area (Å²) in [5.41, 5.74) is 1.43. The van der Waals surface area contributed by atoms with Crippen molar-refractivity contribution in [3.05, 3.63) is 23.4 Å². The van der Waals surface area contributed by atoms with E-state index in [1.54, 1.807) is 0 Å².